The van der Waals surface area contributed by atoms with Gasteiger partial charge in [-0.25, -0.2) is 4.98 Å². The molecule has 0 N–H and O–H groups in total. The molecule has 0 amide bonds. The van der Waals surface area contributed by atoms with Crippen LogP contribution in [0.5, 0.6) is 5.75 Å². The molecule has 4 rings (SSSR count). The van der Waals surface area contributed by atoms with E-state index in [1.807, 2.05) is 36.0 Å². The summed E-state index contributed by atoms with van der Waals surface area (Å²) in [6.45, 7) is 6.84. The molecule has 1 unspecified atom stereocenters. The van der Waals surface area contributed by atoms with Crippen LogP contribution in [0.4, 0.5) is 0 Å². The molecular formula is C31H36N2O4. The van der Waals surface area contributed by atoms with Gasteiger partial charge >= 0.3 is 5.97 Å². The first-order valence-electron chi connectivity index (χ1n) is 12.9. The van der Waals surface area contributed by atoms with Gasteiger partial charge in [-0.2, -0.15) is 0 Å². The Hall–Kier alpha value is -3.67. The van der Waals surface area contributed by atoms with Crippen molar-refractivity contribution >= 4 is 23.4 Å². The largest absolute Gasteiger partial charge is 0.485 e. The lowest BCUT2D eigenvalue weighted by molar-refractivity contribution is -0.161. The zero-order valence-electron chi connectivity index (χ0n) is 22.4. The highest BCUT2D eigenvalue weighted by molar-refractivity contribution is 6.03. The molecule has 0 saturated heterocycles. The maximum Gasteiger partial charge on any atom is 0.319 e. The number of esters is 1. The molecule has 0 spiro atoms. The zero-order chi connectivity index (χ0) is 26.6. The molecule has 1 aliphatic rings. The van der Waals surface area contributed by atoms with Crippen LogP contribution in [0, 0.1) is 5.41 Å². The molecule has 0 aliphatic carbocycles. The van der Waals surface area contributed by atoms with Crippen LogP contribution in [0.25, 0.3) is 11.6 Å². The van der Waals surface area contributed by atoms with Crippen molar-refractivity contribution in [1.29, 1.82) is 0 Å². The highest BCUT2D eigenvalue weighted by Crippen LogP contribution is 2.36. The van der Waals surface area contributed by atoms with Gasteiger partial charge in [0.15, 0.2) is 0 Å². The van der Waals surface area contributed by atoms with Gasteiger partial charge in [0, 0.05) is 37.0 Å². The number of imidazole rings is 1. The van der Waals surface area contributed by atoms with Gasteiger partial charge < -0.3 is 14.0 Å². The number of rotatable bonds is 10. The molecule has 6 nitrogen and oxygen atoms in total. The number of carbonyl (C=O) groups excluding carboxylic acids is 2. The Morgan fingerprint density at radius 3 is 2.51 bits per heavy atom. The van der Waals surface area contributed by atoms with Crippen LogP contribution in [0.2, 0.25) is 0 Å². The number of aromatic nitrogens is 2. The highest BCUT2D eigenvalue weighted by atomic mass is 16.5. The van der Waals surface area contributed by atoms with E-state index in [1.54, 1.807) is 33.9 Å². The minimum atomic E-state index is -1.17. The Kier molecular flexibility index (Phi) is 7.96. The van der Waals surface area contributed by atoms with Crippen LogP contribution in [0.3, 0.4) is 0 Å². The summed E-state index contributed by atoms with van der Waals surface area (Å²) in [6, 6.07) is 16.5. The molecule has 37 heavy (non-hydrogen) atoms. The molecule has 1 atom stereocenters. The van der Waals surface area contributed by atoms with Crippen molar-refractivity contribution in [1.82, 2.24) is 9.55 Å². The van der Waals surface area contributed by atoms with Crippen molar-refractivity contribution in [2.24, 2.45) is 12.5 Å². The van der Waals surface area contributed by atoms with Crippen LogP contribution in [0.15, 0.2) is 60.9 Å². The summed E-state index contributed by atoms with van der Waals surface area (Å²) in [4.78, 5) is 29.9. The maximum absolute atomic E-state index is 12.9. The van der Waals surface area contributed by atoms with Crippen molar-refractivity contribution in [3.8, 4) is 5.75 Å². The van der Waals surface area contributed by atoms with Crippen molar-refractivity contribution in [2.75, 3.05) is 0 Å². The number of nitrogens with zero attached hydrogens (tertiary/aromatic N) is 2. The zero-order valence-corrected chi connectivity index (χ0v) is 22.4. The second-order valence-electron chi connectivity index (χ2n) is 10.5. The number of ketones is 1. The molecule has 0 bridgehead atoms. The van der Waals surface area contributed by atoms with Crippen molar-refractivity contribution in [2.45, 2.75) is 65.6 Å². The minimum Gasteiger partial charge on any atom is -0.485 e. The van der Waals surface area contributed by atoms with E-state index in [0.29, 0.717) is 6.42 Å². The third kappa shape index (κ3) is 6.19. The first kappa shape index (κ1) is 26.4. The Morgan fingerprint density at radius 1 is 1.08 bits per heavy atom. The minimum absolute atomic E-state index is 0.117. The van der Waals surface area contributed by atoms with Gasteiger partial charge in [0.2, 0.25) is 0 Å². The molecule has 0 radical (unpaired) electrons. The summed E-state index contributed by atoms with van der Waals surface area (Å²) in [5.41, 5.74) is 3.14. The molecule has 194 valence electrons. The quantitative estimate of drug-likeness (QED) is 0.259. The maximum atomic E-state index is 12.9. The first-order chi connectivity index (χ1) is 17.6. The summed E-state index contributed by atoms with van der Waals surface area (Å²) in [7, 11) is 1.99. The molecule has 3 aromatic rings. The molecule has 0 saturated carbocycles. The predicted octanol–water partition coefficient (Wildman–Crippen LogP) is 5.83. The van der Waals surface area contributed by atoms with Crippen LogP contribution in [-0.2, 0) is 34.2 Å². The van der Waals surface area contributed by atoms with E-state index < -0.39 is 11.4 Å². The van der Waals surface area contributed by atoms with Gasteiger partial charge in [-0.3, -0.25) is 9.59 Å². The number of carbonyl (C=O) groups is 2. The SMILES string of the molecule is CC(C)OC(=O)C(C)(C)C(=O)CCc1ccc2c(c1)C=C(c1nccn1C)C(CCc1ccccc1)O2. The fourth-order valence-electron chi connectivity index (χ4n) is 4.51. The summed E-state index contributed by atoms with van der Waals surface area (Å²) < 4.78 is 13.8. The average Bonchev–Trinajstić information content (AvgIpc) is 3.31. The Labute approximate surface area is 219 Å². The summed E-state index contributed by atoms with van der Waals surface area (Å²) in [5.74, 6) is 1.11. The number of hydrogen-bond donors (Lipinski definition) is 0. The monoisotopic (exact) mass is 500 g/mol. The van der Waals surface area contributed by atoms with E-state index in [9.17, 15) is 9.59 Å². The van der Waals surface area contributed by atoms with E-state index in [-0.39, 0.29) is 24.4 Å². The molecule has 2 aromatic carbocycles. The second-order valence-corrected chi connectivity index (χ2v) is 10.5. The Bertz CT molecular complexity index is 1290. The third-order valence-electron chi connectivity index (χ3n) is 6.81. The number of aryl methyl sites for hydroxylation is 3. The highest BCUT2D eigenvalue weighted by Gasteiger charge is 2.37. The van der Waals surface area contributed by atoms with E-state index in [1.165, 1.54) is 5.56 Å². The predicted molar refractivity (Wildman–Crippen MR) is 145 cm³/mol. The normalized spacial score (nSPS) is 15.1. The fourth-order valence-corrected chi connectivity index (χ4v) is 4.51. The molecule has 2 heterocycles. The number of benzene rings is 2. The van der Waals surface area contributed by atoms with Crippen LogP contribution in [-0.4, -0.2) is 33.5 Å². The van der Waals surface area contributed by atoms with Crippen molar-refractivity contribution in [3.05, 3.63) is 83.4 Å². The van der Waals surface area contributed by atoms with Crippen LogP contribution < -0.4 is 4.74 Å². The standard InChI is InChI=1S/C31H36N2O4/c1-21(2)36-30(35)31(3,4)28(34)16-13-23-12-14-26-24(19-23)20-25(29-32-17-18-33(29)5)27(37-26)15-11-22-9-7-6-8-10-22/h6-10,12,14,17-21,27H,11,13,15-16H2,1-5H3. The lowest BCUT2D eigenvalue weighted by Crippen LogP contribution is -2.36. The van der Waals surface area contributed by atoms with Crippen molar-refractivity contribution in [3.63, 3.8) is 0 Å². The second kappa shape index (κ2) is 11.2. The lowest BCUT2D eigenvalue weighted by Gasteiger charge is -2.28. The smallest absolute Gasteiger partial charge is 0.319 e. The number of hydrogen-bond acceptors (Lipinski definition) is 5. The summed E-state index contributed by atoms with van der Waals surface area (Å²) >= 11 is 0. The summed E-state index contributed by atoms with van der Waals surface area (Å²) in [6.07, 6.45) is 8.06. The average molecular weight is 501 g/mol. The molecular weight excluding hydrogens is 464 g/mol. The van der Waals surface area contributed by atoms with Gasteiger partial charge in [0.1, 0.15) is 28.9 Å². The fraction of sp³-hybridized carbons (Fsp3) is 0.387. The Morgan fingerprint density at radius 2 is 1.84 bits per heavy atom. The number of Topliss-reactive ketones (excluding diaryl/α,β-unsaturated/α-hetero) is 1. The molecule has 1 aromatic heterocycles. The molecule has 0 fully saturated rings. The molecule has 1 aliphatic heterocycles. The van der Waals surface area contributed by atoms with E-state index >= 15 is 0 Å². The van der Waals surface area contributed by atoms with Gasteiger partial charge in [0.05, 0.1) is 6.10 Å². The summed E-state index contributed by atoms with van der Waals surface area (Å²) in [5, 5.41) is 0. The number of ether oxygens (including phenoxy) is 2. The topological polar surface area (TPSA) is 70.4 Å². The lowest BCUT2D eigenvalue weighted by atomic mass is 9.85. The van der Waals surface area contributed by atoms with Gasteiger partial charge in [-0.05, 0) is 76.3 Å². The van der Waals surface area contributed by atoms with E-state index in [2.05, 4.69) is 41.4 Å². The van der Waals surface area contributed by atoms with Gasteiger partial charge in [0.25, 0.3) is 0 Å². The Balaban J connectivity index is 1.52. The van der Waals surface area contributed by atoms with Crippen LogP contribution >= 0.6 is 0 Å². The van der Waals surface area contributed by atoms with E-state index in [4.69, 9.17) is 9.47 Å². The number of fused-ring (bicyclic) bond motifs is 1. The first-order valence-corrected chi connectivity index (χ1v) is 12.9. The van der Waals surface area contributed by atoms with Gasteiger partial charge in [-0.1, -0.05) is 36.4 Å². The van der Waals surface area contributed by atoms with Crippen molar-refractivity contribution < 1.29 is 19.1 Å². The van der Waals surface area contributed by atoms with Gasteiger partial charge in [-0.15, -0.1) is 0 Å². The van der Waals surface area contributed by atoms with Crippen LogP contribution in [0.1, 0.15) is 63.1 Å². The third-order valence-corrected chi connectivity index (χ3v) is 6.81. The molecule has 6 heteroatoms. The van der Waals surface area contributed by atoms with E-state index in [0.717, 1.165) is 41.1 Å².